The highest BCUT2D eigenvalue weighted by atomic mass is 35.5. The van der Waals surface area contributed by atoms with E-state index in [2.05, 4.69) is 40.1 Å². The van der Waals surface area contributed by atoms with E-state index in [0.717, 1.165) is 39.1 Å². The quantitative estimate of drug-likeness (QED) is 0.847. The Bertz CT molecular complexity index is 774. The average molecular weight is 391 g/mol. The molecule has 1 aliphatic carbocycles. The number of fused-ring (bicyclic) bond motifs is 1. The van der Waals surface area contributed by atoms with Crippen LogP contribution in [0.3, 0.4) is 0 Å². The van der Waals surface area contributed by atoms with Gasteiger partial charge in [0, 0.05) is 44.7 Å². The molecule has 0 aromatic heterocycles. The Balaban J connectivity index is 1.58. The molecular formula is C21H24Cl2N2O. The maximum absolute atomic E-state index is 9.15. The maximum atomic E-state index is 9.15. The number of piperazine rings is 1. The molecule has 1 heterocycles. The van der Waals surface area contributed by atoms with Crippen LogP contribution >= 0.6 is 23.2 Å². The highest BCUT2D eigenvalue weighted by Gasteiger charge is 2.36. The van der Waals surface area contributed by atoms with Crippen molar-refractivity contribution in [2.75, 3.05) is 39.3 Å². The number of aliphatic hydroxyl groups is 1. The molecule has 0 radical (unpaired) electrons. The Morgan fingerprint density at radius 3 is 2.35 bits per heavy atom. The Morgan fingerprint density at radius 2 is 1.65 bits per heavy atom. The lowest BCUT2D eigenvalue weighted by molar-refractivity contribution is 0.0827. The summed E-state index contributed by atoms with van der Waals surface area (Å²) in [6.07, 6.45) is 1.08. The molecule has 2 aliphatic rings. The van der Waals surface area contributed by atoms with Crippen molar-refractivity contribution in [3.05, 3.63) is 69.2 Å². The van der Waals surface area contributed by atoms with E-state index in [1.54, 1.807) is 0 Å². The second kappa shape index (κ2) is 7.87. The Kier molecular flexibility index (Phi) is 5.53. The molecule has 1 fully saturated rings. The van der Waals surface area contributed by atoms with E-state index in [9.17, 15) is 0 Å². The van der Waals surface area contributed by atoms with Gasteiger partial charge < -0.3 is 5.11 Å². The minimum atomic E-state index is 0.242. The van der Waals surface area contributed by atoms with Crippen molar-refractivity contribution in [3.8, 4) is 0 Å². The van der Waals surface area contributed by atoms with Crippen molar-refractivity contribution < 1.29 is 5.11 Å². The zero-order chi connectivity index (χ0) is 18.1. The van der Waals surface area contributed by atoms with Crippen molar-refractivity contribution >= 4 is 23.2 Å². The van der Waals surface area contributed by atoms with Crippen molar-refractivity contribution in [1.82, 2.24) is 9.80 Å². The monoisotopic (exact) mass is 390 g/mol. The van der Waals surface area contributed by atoms with Gasteiger partial charge in [0.25, 0.3) is 0 Å². The SMILES string of the molecule is OCCN1CCN([C@@H]2CC(c3ccc(Cl)c(Cl)c3)c3ccccc32)CC1. The van der Waals surface area contributed by atoms with Crippen LogP contribution in [-0.4, -0.2) is 54.2 Å². The first kappa shape index (κ1) is 18.3. The third-order valence-electron chi connectivity index (χ3n) is 5.80. The van der Waals surface area contributed by atoms with E-state index in [1.165, 1.54) is 16.7 Å². The molecule has 2 aromatic rings. The Hall–Kier alpha value is -1.10. The van der Waals surface area contributed by atoms with Gasteiger partial charge in [0.05, 0.1) is 16.7 Å². The van der Waals surface area contributed by atoms with E-state index in [-0.39, 0.29) is 6.61 Å². The van der Waals surface area contributed by atoms with Crippen LogP contribution in [0.4, 0.5) is 0 Å². The van der Waals surface area contributed by atoms with Crippen molar-refractivity contribution in [2.24, 2.45) is 0 Å². The number of nitrogens with zero attached hydrogens (tertiary/aromatic N) is 2. The van der Waals surface area contributed by atoms with Gasteiger partial charge in [0.15, 0.2) is 0 Å². The van der Waals surface area contributed by atoms with E-state index in [0.29, 0.717) is 22.0 Å². The van der Waals surface area contributed by atoms with Crippen LogP contribution in [0.5, 0.6) is 0 Å². The summed E-state index contributed by atoms with van der Waals surface area (Å²) in [6.45, 7) is 5.17. The zero-order valence-corrected chi connectivity index (χ0v) is 16.3. The summed E-state index contributed by atoms with van der Waals surface area (Å²) in [4.78, 5) is 4.94. The number of halogens is 2. The lowest BCUT2D eigenvalue weighted by Crippen LogP contribution is -2.48. The van der Waals surface area contributed by atoms with Gasteiger partial charge in [-0.25, -0.2) is 0 Å². The van der Waals surface area contributed by atoms with Crippen LogP contribution in [0, 0.1) is 0 Å². The van der Waals surface area contributed by atoms with Crippen LogP contribution in [0.2, 0.25) is 10.0 Å². The maximum Gasteiger partial charge on any atom is 0.0595 e. The highest BCUT2D eigenvalue weighted by Crippen LogP contribution is 2.47. The fourth-order valence-electron chi connectivity index (χ4n) is 4.44. The number of aliphatic hydroxyl groups excluding tert-OH is 1. The summed E-state index contributed by atoms with van der Waals surface area (Å²) < 4.78 is 0. The topological polar surface area (TPSA) is 26.7 Å². The van der Waals surface area contributed by atoms with Gasteiger partial charge in [-0.15, -0.1) is 0 Å². The number of hydrogen-bond donors (Lipinski definition) is 1. The number of β-amino-alcohol motifs (C(OH)–C–C–N with tert-alkyl or cyclic N) is 1. The van der Waals surface area contributed by atoms with E-state index in [4.69, 9.17) is 28.3 Å². The average Bonchev–Trinajstić information content (AvgIpc) is 3.05. The third kappa shape index (κ3) is 3.51. The molecule has 0 spiro atoms. The van der Waals surface area contributed by atoms with Crippen molar-refractivity contribution in [3.63, 3.8) is 0 Å². The second-order valence-corrected chi connectivity index (χ2v) is 8.02. The van der Waals surface area contributed by atoms with E-state index < -0.39 is 0 Å². The minimum Gasteiger partial charge on any atom is -0.395 e. The molecule has 5 heteroatoms. The molecule has 138 valence electrons. The predicted octanol–water partition coefficient (Wildman–Crippen LogP) is 4.18. The first-order chi connectivity index (χ1) is 12.7. The van der Waals surface area contributed by atoms with Gasteiger partial charge in [-0.05, 0) is 35.2 Å². The highest BCUT2D eigenvalue weighted by molar-refractivity contribution is 6.42. The number of benzene rings is 2. The van der Waals surface area contributed by atoms with Crippen LogP contribution in [-0.2, 0) is 0 Å². The van der Waals surface area contributed by atoms with Gasteiger partial charge in [0.1, 0.15) is 0 Å². The largest absolute Gasteiger partial charge is 0.395 e. The molecule has 0 bridgehead atoms. The van der Waals surface area contributed by atoms with Crippen molar-refractivity contribution in [1.29, 1.82) is 0 Å². The smallest absolute Gasteiger partial charge is 0.0595 e. The summed E-state index contributed by atoms with van der Waals surface area (Å²) in [6, 6.07) is 15.3. The zero-order valence-electron chi connectivity index (χ0n) is 14.7. The summed E-state index contributed by atoms with van der Waals surface area (Å²) in [5, 5.41) is 10.4. The molecule has 0 amide bonds. The number of rotatable bonds is 4. The molecule has 2 aromatic carbocycles. The minimum absolute atomic E-state index is 0.242. The molecular weight excluding hydrogens is 367 g/mol. The Morgan fingerprint density at radius 1 is 0.923 bits per heavy atom. The first-order valence-corrected chi connectivity index (χ1v) is 10.0. The summed E-state index contributed by atoms with van der Waals surface area (Å²) >= 11 is 12.4. The normalized spacial score (nSPS) is 24.0. The standard InChI is InChI=1S/C21H24Cl2N2O/c22-19-6-5-15(13-20(19)23)18-14-21(17-4-2-1-3-16(17)18)25-9-7-24(8-10-25)11-12-26/h1-6,13,18,21,26H,7-12,14H2/t18?,21-/m1/s1. The molecule has 4 rings (SSSR count). The fraction of sp³-hybridized carbons (Fsp3) is 0.429. The van der Waals surface area contributed by atoms with Crippen LogP contribution in [0.1, 0.15) is 35.1 Å². The van der Waals surface area contributed by atoms with Gasteiger partial charge >= 0.3 is 0 Å². The van der Waals surface area contributed by atoms with Gasteiger partial charge in [-0.2, -0.15) is 0 Å². The van der Waals surface area contributed by atoms with Gasteiger partial charge in [-0.1, -0.05) is 53.5 Å². The van der Waals surface area contributed by atoms with E-state index in [1.807, 2.05) is 12.1 Å². The Labute approximate surface area is 165 Å². The molecule has 2 atom stereocenters. The lowest BCUT2D eigenvalue weighted by atomic mass is 9.93. The molecule has 1 N–H and O–H groups in total. The molecule has 1 aliphatic heterocycles. The van der Waals surface area contributed by atoms with Crippen LogP contribution in [0.15, 0.2) is 42.5 Å². The molecule has 1 unspecified atom stereocenters. The number of hydrogen-bond acceptors (Lipinski definition) is 3. The summed E-state index contributed by atoms with van der Waals surface area (Å²) in [5.41, 5.74) is 4.10. The molecule has 1 saturated heterocycles. The van der Waals surface area contributed by atoms with Gasteiger partial charge in [-0.3, -0.25) is 9.80 Å². The lowest BCUT2D eigenvalue weighted by Gasteiger charge is -2.38. The molecule has 26 heavy (non-hydrogen) atoms. The van der Waals surface area contributed by atoms with Crippen LogP contribution < -0.4 is 0 Å². The van der Waals surface area contributed by atoms with Crippen LogP contribution in [0.25, 0.3) is 0 Å². The van der Waals surface area contributed by atoms with Crippen molar-refractivity contribution in [2.45, 2.75) is 18.4 Å². The van der Waals surface area contributed by atoms with Gasteiger partial charge in [0.2, 0.25) is 0 Å². The second-order valence-electron chi connectivity index (χ2n) is 7.21. The summed E-state index contributed by atoms with van der Waals surface area (Å²) in [7, 11) is 0. The summed E-state index contributed by atoms with van der Waals surface area (Å²) in [5.74, 6) is 0.362. The predicted molar refractivity (Wildman–Crippen MR) is 107 cm³/mol. The molecule has 0 saturated carbocycles. The molecule has 3 nitrogen and oxygen atoms in total. The van der Waals surface area contributed by atoms with E-state index >= 15 is 0 Å². The fourth-order valence-corrected chi connectivity index (χ4v) is 4.75. The first-order valence-electron chi connectivity index (χ1n) is 9.28. The third-order valence-corrected chi connectivity index (χ3v) is 6.54.